The molecule has 6 rings (SSSR count). The molecule has 5 saturated carbocycles. The van der Waals surface area contributed by atoms with Crippen LogP contribution in [0.15, 0.2) is 42.5 Å². The van der Waals surface area contributed by atoms with E-state index in [1.807, 2.05) is 12.1 Å². The normalized spacial score (nSPS) is 41.5. The van der Waals surface area contributed by atoms with Crippen LogP contribution in [0.5, 0.6) is 5.75 Å². The molecule has 242 valence electrons. The van der Waals surface area contributed by atoms with Gasteiger partial charge in [-0.15, -0.1) is 0 Å². The number of benzene rings is 1. The minimum Gasteiger partial charge on any atom is -0.508 e. The quantitative estimate of drug-likeness (QED) is 0.174. The number of esters is 1. The molecule has 0 aliphatic heterocycles. The predicted octanol–water partition coefficient (Wildman–Crippen LogP) is 10.8. The second-order valence-corrected chi connectivity index (χ2v) is 17.4. The number of aromatic hydroxyl groups is 1. The number of phenolic OH excluding ortho intramolecular Hbond substituents is 1. The molecule has 1 aromatic carbocycles. The second kappa shape index (κ2) is 11.0. The van der Waals surface area contributed by atoms with E-state index in [0.717, 1.165) is 29.7 Å². The van der Waals surface area contributed by atoms with Crippen molar-refractivity contribution < 1.29 is 14.6 Å². The van der Waals surface area contributed by atoms with Crippen LogP contribution in [0.25, 0.3) is 6.08 Å². The SMILES string of the molecule is C=C(C)[C@@H](CC)CC[C@@H](C)[C@H]1CC[C@@]2(C)[C@H]3CC[C@@H]4C(C)(C)[C@@H](OC(=O)C=Cc5ccc(O)cc5)CC[C@@]45C[C@@]35CC[C@]12C. The molecule has 0 saturated heterocycles. The van der Waals surface area contributed by atoms with Crippen LogP contribution < -0.4 is 0 Å². The maximum absolute atomic E-state index is 13.0. The van der Waals surface area contributed by atoms with Gasteiger partial charge in [0.1, 0.15) is 11.9 Å². The van der Waals surface area contributed by atoms with Gasteiger partial charge in [0.15, 0.2) is 0 Å². The van der Waals surface area contributed by atoms with Gasteiger partial charge in [-0.1, -0.05) is 65.8 Å². The Morgan fingerprint density at radius 1 is 0.955 bits per heavy atom. The summed E-state index contributed by atoms with van der Waals surface area (Å²) in [5.41, 5.74) is 4.12. The average molecular weight is 601 g/mol. The van der Waals surface area contributed by atoms with E-state index >= 15 is 0 Å². The van der Waals surface area contributed by atoms with Gasteiger partial charge >= 0.3 is 5.97 Å². The van der Waals surface area contributed by atoms with Crippen LogP contribution in [0.3, 0.4) is 0 Å². The maximum atomic E-state index is 13.0. The summed E-state index contributed by atoms with van der Waals surface area (Å²) < 4.78 is 6.23. The summed E-state index contributed by atoms with van der Waals surface area (Å²) in [6.07, 6.45) is 19.1. The molecule has 10 atom stereocenters. The number of carbonyl (C=O) groups excluding carboxylic acids is 1. The third-order valence-electron chi connectivity index (χ3n) is 15.5. The first-order chi connectivity index (χ1) is 20.7. The van der Waals surface area contributed by atoms with Gasteiger partial charge in [0.25, 0.3) is 0 Å². The van der Waals surface area contributed by atoms with Crippen molar-refractivity contribution in [1.82, 2.24) is 0 Å². The fourth-order valence-electron chi connectivity index (χ4n) is 12.9. The van der Waals surface area contributed by atoms with E-state index in [-0.39, 0.29) is 23.2 Å². The van der Waals surface area contributed by atoms with Crippen molar-refractivity contribution in [2.75, 3.05) is 0 Å². The van der Waals surface area contributed by atoms with Gasteiger partial charge in [0, 0.05) is 11.5 Å². The lowest BCUT2D eigenvalue weighted by Crippen LogP contribution is -2.58. The van der Waals surface area contributed by atoms with E-state index < -0.39 is 0 Å². The molecule has 5 aliphatic rings. The van der Waals surface area contributed by atoms with Gasteiger partial charge in [-0.05, 0) is 159 Å². The molecule has 3 heteroatoms. The summed E-state index contributed by atoms with van der Waals surface area (Å²) >= 11 is 0. The van der Waals surface area contributed by atoms with Crippen molar-refractivity contribution in [3.05, 3.63) is 48.1 Å². The monoisotopic (exact) mass is 600 g/mol. The Balaban J connectivity index is 1.15. The summed E-state index contributed by atoms with van der Waals surface area (Å²) in [6.45, 7) is 21.7. The molecule has 2 spiro atoms. The zero-order valence-electron chi connectivity index (χ0n) is 28.9. The molecule has 5 fully saturated rings. The van der Waals surface area contributed by atoms with Gasteiger partial charge in [-0.2, -0.15) is 0 Å². The van der Waals surface area contributed by atoms with Crippen LogP contribution in [-0.4, -0.2) is 17.2 Å². The summed E-state index contributed by atoms with van der Waals surface area (Å²) in [6, 6.07) is 6.91. The molecule has 0 amide bonds. The highest BCUT2D eigenvalue weighted by atomic mass is 16.5. The topological polar surface area (TPSA) is 46.5 Å². The van der Waals surface area contributed by atoms with Crippen LogP contribution in [0, 0.1) is 56.7 Å². The van der Waals surface area contributed by atoms with Crippen molar-refractivity contribution in [2.45, 2.75) is 132 Å². The highest BCUT2D eigenvalue weighted by Crippen LogP contribution is 2.89. The molecule has 1 N–H and O–H groups in total. The summed E-state index contributed by atoms with van der Waals surface area (Å²) in [7, 11) is 0. The first-order valence-corrected chi connectivity index (χ1v) is 18.1. The summed E-state index contributed by atoms with van der Waals surface area (Å²) in [5, 5.41) is 9.54. The average Bonchev–Trinajstić information content (AvgIpc) is 3.56. The lowest BCUT2D eigenvalue weighted by Gasteiger charge is -2.63. The fourth-order valence-corrected chi connectivity index (χ4v) is 12.9. The van der Waals surface area contributed by atoms with E-state index in [1.54, 1.807) is 24.3 Å². The Kier molecular flexibility index (Phi) is 8.02. The van der Waals surface area contributed by atoms with Crippen LogP contribution in [-0.2, 0) is 9.53 Å². The molecule has 3 nitrogen and oxygen atoms in total. The van der Waals surface area contributed by atoms with E-state index in [9.17, 15) is 9.90 Å². The number of fused-ring (bicyclic) bond motifs is 2. The third kappa shape index (κ3) is 4.67. The van der Waals surface area contributed by atoms with Gasteiger partial charge in [0.2, 0.25) is 0 Å². The molecule has 44 heavy (non-hydrogen) atoms. The Morgan fingerprint density at radius 3 is 2.32 bits per heavy atom. The molecule has 0 aromatic heterocycles. The number of hydrogen-bond donors (Lipinski definition) is 1. The first-order valence-electron chi connectivity index (χ1n) is 18.1. The van der Waals surface area contributed by atoms with Gasteiger partial charge < -0.3 is 9.84 Å². The Morgan fingerprint density at radius 2 is 1.64 bits per heavy atom. The highest BCUT2D eigenvalue weighted by Gasteiger charge is 2.82. The van der Waals surface area contributed by atoms with E-state index in [0.29, 0.717) is 33.5 Å². The summed E-state index contributed by atoms with van der Waals surface area (Å²) in [4.78, 5) is 13.0. The van der Waals surface area contributed by atoms with E-state index in [4.69, 9.17) is 4.74 Å². The van der Waals surface area contributed by atoms with E-state index in [1.165, 1.54) is 76.2 Å². The lowest BCUT2D eigenvalue weighted by atomic mass is 9.41. The third-order valence-corrected chi connectivity index (χ3v) is 15.5. The molecular formula is C41H60O3. The predicted molar refractivity (Wildman–Crippen MR) is 181 cm³/mol. The van der Waals surface area contributed by atoms with E-state index in [2.05, 4.69) is 55.0 Å². The van der Waals surface area contributed by atoms with Crippen LogP contribution in [0.4, 0.5) is 0 Å². The van der Waals surface area contributed by atoms with Gasteiger partial charge in [0.05, 0.1) is 0 Å². The number of ether oxygens (including phenoxy) is 1. The van der Waals surface area contributed by atoms with Crippen LogP contribution >= 0.6 is 0 Å². The number of carbonyl (C=O) groups is 1. The number of phenols is 1. The van der Waals surface area contributed by atoms with Crippen molar-refractivity contribution >= 4 is 12.0 Å². The highest BCUT2D eigenvalue weighted by molar-refractivity contribution is 5.87. The first kappa shape index (κ1) is 31.9. The minimum absolute atomic E-state index is 0.0117. The van der Waals surface area contributed by atoms with Gasteiger partial charge in [-0.3, -0.25) is 0 Å². The fraction of sp³-hybridized carbons (Fsp3) is 0.732. The van der Waals surface area contributed by atoms with Crippen molar-refractivity contribution in [1.29, 1.82) is 0 Å². The van der Waals surface area contributed by atoms with Crippen LogP contribution in [0.2, 0.25) is 0 Å². The van der Waals surface area contributed by atoms with Crippen molar-refractivity contribution in [3.63, 3.8) is 0 Å². The molecule has 0 heterocycles. The number of hydrogen-bond acceptors (Lipinski definition) is 3. The molecule has 0 radical (unpaired) electrons. The standard InChI is InChI=1S/C41H60O3/c1-9-30(27(2)3)14-10-28(4)32-20-22-39(8)34-18-17-33-37(5,6)35(44-36(43)19-13-29-11-15-31(42)16-12-29)21-23-40(33)26-41(34,40)25-24-38(32,39)7/h11-13,15-16,19,28,30,32-35,42H,2,9-10,14,17-18,20-26H2,1,3-8H3/t28-,30+,32-,33-,34-,35+,38-,39+,40-,41+/m1/s1. The van der Waals surface area contributed by atoms with Crippen molar-refractivity contribution in [3.8, 4) is 5.75 Å². The zero-order valence-corrected chi connectivity index (χ0v) is 28.9. The zero-order chi connectivity index (χ0) is 31.7. The second-order valence-electron chi connectivity index (χ2n) is 17.4. The number of rotatable bonds is 9. The van der Waals surface area contributed by atoms with Crippen molar-refractivity contribution in [2.24, 2.45) is 56.7 Å². The molecule has 1 aromatic rings. The maximum Gasteiger partial charge on any atom is 0.331 e. The number of allylic oxidation sites excluding steroid dienone is 1. The van der Waals surface area contributed by atoms with Crippen LogP contribution in [0.1, 0.15) is 131 Å². The molecule has 5 aliphatic carbocycles. The Labute approximate surface area is 268 Å². The molecule has 0 unspecified atom stereocenters. The largest absolute Gasteiger partial charge is 0.508 e. The van der Waals surface area contributed by atoms with Gasteiger partial charge in [-0.25, -0.2) is 4.79 Å². The summed E-state index contributed by atoms with van der Waals surface area (Å²) in [5.74, 6) is 3.80. The lowest BCUT2D eigenvalue weighted by molar-refractivity contribution is -0.179. The minimum atomic E-state index is -0.244. The Hall–Kier alpha value is -2.03. The Bertz CT molecular complexity index is 1290. The molecule has 0 bridgehead atoms. The smallest absolute Gasteiger partial charge is 0.331 e. The molecular weight excluding hydrogens is 540 g/mol.